The first-order valence-corrected chi connectivity index (χ1v) is 6.64. The molecule has 0 aliphatic heterocycles. The predicted octanol–water partition coefficient (Wildman–Crippen LogP) is 3.90. The standard InChI is InChI=1S/C16H16FN3/c1-10(2)13-7-15(18-9-14(13)17)11-4-5-16-12(6-11)8-19-20(16)3/h4-10H,1-3H3. The third-order valence-electron chi connectivity index (χ3n) is 3.55. The Morgan fingerprint density at radius 3 is 2.70 bits per heavy atom. The molecule has 0 N–H and O–H groups in total. The lowest BCUT2D eigenvalue weighted by Crippen LogP contribution is -1.96. The van der Waals surface area contributed by atoms with Crippen LogP contribution < -0.4 is 0 Å². The molecule has 102 valence electrons. The van der Waals surface area contributed by atoms with E-state index in [2.05, 4.69) is 10.1 Å². The van der Waals surface area contributed by atoms with E-state index in [4.69, 9.17) is 0 Å². The normalized spacial score (nSPS) is 11.4. The maximum Gasteiger partial charge on any atom is 0.144 e. The van der Waals surface area contributed by atoms with Gasteiger partial charge < -0.3 is 0 Å². The number of rotatable bonds is 2. The second-order valence-electron chi connectivity index (χ2n) is 5.29. The topological polar surface area (TPSA) is 30.7 Å². The zero-order chi connectivity index (χ0) is 14.3. The van der Waals surface area contributed by atoms with Crippen molar-refractivity contribution >= 4 is 10.9 Å². The molecule has 3 rings (SSSR count). The number of hydrogen-bond donors (Lipinski definition) is 0. The van der Waals surface area contributed by atoms with Crippen LogP contribution in [0.3, 0.4) is 0 Å². The van der Waals surface area contributed by atoms with Crippen molar-refractivity contribution in [1.29, 1.82) is 0 Å². The van der Waals surface area contributed by atoms with Gasteiger partial charge in [0.1, 0.15) is 5.82 Å². The summed E-state index contributed by atoms with van der Waals surface area (Å²) in [6.07, 6.45) is 3.13. The van der Waals surface area contributed by atoms with Crippen molar-refractivity contribution in [3.8, 4) is 11.3 Å². The van der Waals surface area contributed by atoms with E-state index in [1.54, 1.807) is 0 Å². The van der Waals surface area contributed by atoms with Gasteiger partial charge in [-0.15, -0.1) is 0 Å². The molecule has 0 unspecified atom stereocenters. The average molecular weight is 269 g/mol. The lowest BCUT2D eigenvalue weighted by molar-refractivity contribution is 0.592. The molecule has 0 spiro atoms. The summed E-state index contributed by atoms with van der Waals surface area (Å²) >= 11 is 0. The largest absolute Gasteiger partial charge is 0.268 e. The highest BCUT2D eigenvalue weighted by molar-refractivity contribution is 5.83. The summed E-state index contributed by atoms with van der Waals surface area (Å²) in [5, 5.41) is 5.28. The maximum atomic E-state index is 13.7. The van der Waals surface area contributed by atoms with E-state index < -0.39 is 0 Å². The van der Waals surface area contributed by atoms with Gasteiger partial charge in [-0.3, -0.25) is 9.67 Å². The van der Waals surface area contributed by atoms with Gasteiger partial charge in [-0.1, -0.05) is 19.9 Å². The molecular weight excluding hydrogens is 253 g/mol. The van der Waals surface area contributed by atoms with Crippen molar-refractivity contribution in [3.63, 3.8) is 0 Å². The highest BCUT2D eigenvalue weighted by Crippen LogP contribution is 2.26. The zero-order valence-electron chi connectivity index (χ0n) is 11.8. The van der Waals surface area contributed by atoms with Crippen LogP contribution in [0.5, 0.6) is 0 Å². The highest BCUT2D eigenvalue weighted by atomic mass is 19.1. The molecule has 3 nitrogen and oxygen atoms in total. The molecule has 0 aliphatic carbocycles. The number of pyridine rings is 1. The molecule has 0 saturated heterocycles. The minimum Gasteiger partial charge on any atom is -0.268 e. The van der Waals surface area contributed by atoms with Crippen LogP contribution in [0.25, 0.3) is 22.2 Å². The molecule has 2 heterocycles. The summed E-state index contributed by atoms with van der Waals surface area (Å²) in [6.45, 7) is 3.96. The maximum absolute atomic E-state index is 13.7. The van der Waals surface area contributed by atoms with Crippen molar-refractivity contribution < 1.29 is 4.39 Å². The number of nitrogens with zero attached hydrogens (tertiary/aromatic N) is 3. The average Bonchev–Trinajstić information content (AvgIpc) is 2.80. The van der Waals surface area contributed by atoms with E-state index >= 15 is 0 Å². The molecule has 0 saturated carbocycles. The van der Waals surface area contributed by atoms with Gasteiger partial charge >= 0.3 is 0 Å². The molecule has 0 radical (unpaired) electrons. The molecule has 0 amide bonds. The van der Waals surface area contributed by atoms with E-state index in [9.17, 15) is 4.39 Å². The third-order valence-corrected chi connectivity index (χ3v) is 3.55. The van der Waals surface area contributed by atoms with Crippen molar-refractivity contribution in [2.75, 3.05) is 0 Å². The SMILES string of the molecule is CC(C)c1cc(-c2ccc3c(cnn3C)c2)ncc1F. The van der Waals surface area contributed by atoms with Gasteiger partial charge in [0.2, 0.25) is 0 Å². The van der Waals surface area contributed by atoms with Crippen LogP contribution in [0, 0.1) is 5.82 Å². The Kier molecular flexibility index (Phi) is 3.01. The van der Waals surface area contributed by atoms with Crippen LogP contribution in [-0.2, 0) is 7.05 Å². The van der Waals surface area contributed by atoms with E-state index in [1.807, 2.05) is 56.0 Å². The third kappa shape index (κ3) is 2.07. The van der Waals surface area contributed by atoms with Crippen LogP contribution in [0.4, 0.5) is 4.39 Å². The lowest BCUT2D eigenvalue weighted by atomic mass is 10.0. The van der Waals surface area contributed by atoms with Crippen LogP contribution in [0.2, 0.25) is 0 Å². The van der Waals surface area contributed by atoms with Gasteiger partial charge in [-0.05, 0) is 29.7 Å². The second kappa shape index (κ2) is 4.71. The summed E-state index contributed by atoms with van der Waals surface area (Å²) in [7, 11) is 1.91. The fraction of sp³-hybridized carbons (Fsp3) is 0.250. The summed E-state index contributed by atoms with van der Waals surface area (Å²) in [4.78, 5) is 4.20. The predicted molar refractivity (Wildman–Crippen MR) is 78.0 cm³/mol. The van der Waals surface area contributed by atoms with Gasteiger partial charge in [0.05, 0.1) is 23.6 Å². The Labute approximate surface area is 117 Å². The second-order valence-corrected chi connectivity index (χ2v) is 5.29. The molecule has 20 heavy (non-hydrogen) atoms. The molecule has 0 bridgehead atoms. The quantitative estimate of drug-likeness (QED) is 0.706. The Morgan fingerprint density at radius 1 is 1.15 bits per heavy atom. The molecule has 1 aromatic carbocycles. The van der Waals surface area contributed by atoms with Crippen LogP contribution in [0.1, 0.15) is 25.3 Å². The number of fused-ring (bicyclic) bond motifs is 1. The summed E-state index contributed by atoms with van der Waals surface area (Å²) in [6, 6.07) is 7.87. The van der Waals surface area contributed by atoms with Gasteiger partial charge in [0.15, 0.2) is 0 Å². The smallest absolute Gasteiger partial charge is 0.144 e. The fourth-order valence-corrected chi connectivity index (χ4v) is 2.38. The van der Waals surface area contributed by atoms with Crippen molar-refractivity contribution in [3.05, 3.63) is 48.0 Å². The molecular formula is C16H16FN3. The van der Waals surface area contributed by atoms with Crippen molar-refractivity contribution in [2.24, 2.45) is 7.05 Å². The monoisotopic (exact) mass is 269 g/mol. The van der Waals surface area contributed by atoms with Crippen LogP contribution in [-0.4, -0.2) is 14.8 Å². The number of halogens is 1. The Balaban J connectivity index is 2.12. The highest BCUT2D eigenvalue weighted by Gasteiger charge is 2.10. The number of aromatic nitrogens is 3. The van der Waals surface area contributed by atoms with Gasteiger partial charge in [-0.25, -0.2) is 4.39 Å². The van der Waals surface area contributed by atoms with Crippen LogP contribution >= 0.6 is 0 Å². The Bertz CT molecular complexity index is 774. The molecule has 4 heteroatoms. The van der Waals surface area contributed by atoms with Crippen LogP contribution in [0.15, 0.2) is 36.7 Å². The van der Waals surface area contributed by atoms with Crippen molar-refractivity contribution in [1.82, 2.24) is 14.8 Å². The lowest BCUT2D eigenvalue weighted by Gasteiger charge is -2.09. The molecule has 0 atom stereocenters. The minimum absolute atomic E-state index is 0.138. The molecule has 0 fully saturated rings. The fourth-order valence-electron chi connectivity index (χ4n) is 2.38. The Morgan fingerprint density at radius 2 is 1.95 bits per heavy atom. The minimum atomic E-state index is -0.244. The first kappa shape index (κ1) is 12.8. The van der Waals surface area contributed by atoms with E-state index in [-0.39, 0.29) is 11.7 Å². The summed E-state index contributed by atoms with van der Waals surface area (Å²) in [5.41, 5.74) is 3.54. The summed E-state index contributed by atoms with van der Waals surface area (Å²) < 4.78 is 15.5. The van der Waals surface area contributed by atoms with E-state index in [1.165, 1.54) is 6.20 Å². The van der Waals surface area contributed by atoms with E-state index in [0.717, 1.165) is 22.2 Å². The number of benzene rings is 1. The molecule has 2 aromatic heterocycles. The number of hydrogen-bond acceptors (Lipinski definition) is 2. The van der Waals surface area contributed by atoms with Gasteiger partial charge in [0.25, 0.3) is 0 Å². The van der Waals surface area contributed by atoms with Gasteiger partial charge in [0, 0.05) is 18.0 Å². The molecule has 0 aliphatic rings. The first-order chi connectivity index (χ1) is 9.56. The number of aryl methyl sites for hydroxylation is 1. The molecule has 3 aromatic rings. The van der Waals surface area contributed by atoms with E-state index in [0.29, 0.717) is 5.56 Å². The first-order valence-electron chi connectivity index (χ1n) is 6.64. The Hall–Kier alpha value is -2.23. The summed E-state index contributed by atoms with van der Waals surface area (Å²) in [5.74, 6) is -0.106. The van der Waals surface area contributed by atoms with Gasteiger partial charge in [-0.2, -0.15) is 5.10 Å². The van der Waals surface area contributed by atoms with Crippen molar-refractivity contribution in [2.45, 2.75) is 19.8 Å². The zero-order valence-corrected chi connectivity index (χ0v) is 11.8.